The van der Waals surface area contributed by atoms with Gasteiger partial charge in [0, 0.05) is 5.02 Å². The molecule has 1 aliphatic rings. The molecular weight excluding hydrogens is 319 g/mol. The van der Waals surface area contributed by atoms with Gasteiger partial charge >= 0.3 is 0 Å². The van der Waals surface area contributed by atoms with E-state index >= 15 is 0 Å². The van der Waals surface area contributed by atoms with E-state index in [0.717, 1.165) is 35.1 Å². The van der Waals surface area contributed by atoms with Crippen LogP contribution in [0.25, 0.3) is 11.6 Å². The van der Waals surface area contributed by atoms with Crippen molar-refractivity contribution in [1.82, 2.24) is 0 Å². The second-order valence-corrected chi connectivity index (χ2v) is 6.51. The third kappa shape index (κ3) is 2.88. The van der Waals surface area contributed by atoms with Crippen LogP contribution in [0.3, 0.4) is 0 Å². The minimum atomic E-state index is -0.179. The Morgan fingerprint density at radius 3 is 2.46 bits per heavy atom. The molecule has 118 valence electrons. The lowest BCUT2D eigenvalue weighted by Crippen LogP contribution is -1.93. The fraction of sp³-hybridized carbons (Fsp3) is 0.0909. The summed E-state index contributed by atoms with van der Waals surface area (Å²) in [4.78, 5) is 0. The molecule has 0 radical (unpaired) electrons. The molecule has 0 aromatic heterocycles. The summed E-state index contributed by atoms with van der Waals surface area (Å²) in [6, 6.07) is 21.3. The molecule has 0 fully saturated rings. The summed E-state index contributed by atoms with van der Waals surface area (Å²) in [7, 11) is 0. The molecule has 0 spiro atoms. The maximum Gasteiger partial charge on any atom is 0.123 e. The summed E-state index contributed by atoms with van der Waals surface area (Å²) in [5.74, 6) is -0.179. The molecule has 0 amide bonds. The van der Waals surface area contributed by atoms with Crippen LogP contribution in [-0.2, 0) is 12.8 Å². The number of benzene rings is 3. The van der Waals surface area contributed by atoms with Crippen molar-refractivity contribution in [3.8, 4) is 0 Å². The molecule has 2 heteroatoms. The maximum absolute atomic E-state index is 13.7. The van der Waals surface area contributed by atoms with Crippen LogP contribution < -0.4 is 0 Å². The van der Waals surface area contributed by atoms with Gasteiger partial charge < -0.3 is 0 Å². The van der Waals surface area contributed by atoms with Crippen LogP contribution in [0.4, 0.5) is 4.39 Å². The zero-order chi connectivity index (χ0) is 16.5. The highest BCUT2D eigenvalue weighted by Crippen LogP contribution is 2.35. The molecule has 0 bridgehead atoms. The van der Waals surface area contributed by atoms with Crippen molar-refractivity contribution in [1.29, 1.82) is 0 Å². The fourth-order valence-electron chi connectivity index (χ4n) is 3.37. The van der Waals surface area contributed by atoms with E-state index in [0.29, 0.717) is 5.02 Å². The molecule has 0 unspecified atom stereocenters. The van der Waals surface area contributed by atoms with Crippen LogP contribution in [0, 0.1) is 5.82 Å². The van der Waals surface area contributed by atoms with E-state index in [9.17, 15) is 4.39 Å². The van der Waals surface area contributed by atoms with Gasteiger partial charge in [-0.3, -0.25) is 0 Å². The second-order valence-electron chi connectivity index (χ2n) is 6.07. The molecule has 0 nitrogen and oxygen atoms in total. The average molecular weight is 335 g/mol. The Labute approximate surface area is 146 Å². The third-order valence-electron chi connectivity index (χ3n) is 4.49. The quantitative estimate of drug-likeness (QED) is 0.499. The first-order valence-electron chi connectivity index (χ1n) is 8.05. The molecule has 0 saturated carbocycles. The number of aryl methyl sites for hydroxylation is 2. The molecule has 3 aromatic carbocycles. The van der Waals surface area contributed by atoms with Crippen LogP contribution in [0.2, 0.25) is 5.02 Å². The normalized spacial score (nSPS) is 14.8. The average Bonchev–Trinajstić information content (AvgIpc) is 2.73. The van der Waals surface area contributed by atoms with Crippen molar-refractivity contribution in [2.24, 2.45) is 0 Å². The van der Waals surface area contributed by atoms with Crippen molar-refractivity contribution in [2.75, 3.05) is 0 Å². The van der Waals surface area contributed by atoms with Gasteiger partial charge in [-0.25, -0.2) is 4.39 Å². The minimum Gasteiger partial charge on any atom is -0.207 e. The summed E-state index contributed by atoms with van der Waals surface area (Å²) in [6.07, 6.45) is 3.91. The molecule has 0 saturated heterocycles. The van der Waals surface area contributed by atoms with Crippen LogP contribution >= 0.6 is 11.6 Å². The molecular formula is C22H16ClF. The molecule has 4 rings (SSSR count). The van der Waals surface area contributed by atoms with E-state index in [1.54, 1.807) is 12.1 Å². The van der Waals surface area contributed by atoms with Crippen molar-refractivity contribution in [3.05, 3.63) is 105 Å². The van der Waals surface area contributed by atoms with Crippen LogP contribution in [-0.4, -0.2) is 0 Å². The number of halogens is 2. The minimum absolute atomic E-state index is 0.179. The fourth-order valence-corrected chi connectivity index (χ4v) is 3.56. The second kappa shape index (κ2) is 6.26. The van der Waals surface area contributed by atoms with Gasteiger partial charge in [-0.05, 0) is 76.6 Å². The van der Waals surface area contributed by atoms with Crippen LogP contribution in [0.15, 0.2) is 66.7 Å². The van der Waals surface area contributed by atoms with Gasteiger partial charge in [-0.1, -0.05) is 54.1 Å². The van der Waals surface area contributed by atoms with Gasteiger partial charge in [0.05, 0.1) is 0 Å². The van der Waals surface area contributed by atoms with Crippen molar-refractivity contribution in [2.45, 2.75) is 12.8 Å². The SMILES string of the molecule is Fc1ccc2c(c1)CCc1ccccc1/C2=C/c1cccc(Cl)c1. The predicted molar refractivity (Wildman–Crippen MR) is 98.7 cm³/mol. The van der Waals surface area contributed by atoms with E-state index in [1.165, 1.54) is 11.1 Å². The largest absolute Gasteiger partial charge is 0.207 e. The lowest BCUT2D eigenvalue weighted by atomic mass is 9.92. The highest BCUT2D eigenvalue weighted by atomic mass is 35.5. The topological polar surface area (TPSA) is 0 Å². The Morgan fingerprint density at radius 2 is 1.58 bits per heavy atom. The summed E-state index contributed by atoms with van der Waals surface area (Å²) in [5, 5.41) is 0.714. The Balaban J connectivity index is 1.97. The summed E-state index contributed by atoms with van der Waals surface area (Å²) in [6.45, 7) is 0. The van der Waals surface area contributed by atoms with E-state index in [4.69, 9.17) is 11.6 Å². The van der Waals surface area contributed by atoms with E-state index < -0.39 is 0 Å². The summed E-state index contributed by atoms with van der Waals surface area (Å²) in [5.41, 5.74) is 6.83. The Hall–Kier alpha value is -2.38. The Kier molecular flexibility index (Phi) is 3.95. The van der Waals surface area contributed by atoms with E-state index in [-0.39, 0.29) is 5.82 Å². The Bertz CT molecular complexity index is 940. The van der Waals surface area contributed by atoms with Gasteiger partial charge in [-0.2, -0.15) is 0 Å². The van der Waals surface area contributed by atoms with Crippen LogP contribution in [0.1, 0.15) is 27.8 Å². The zero-order valence-corrected chi connectivity index (χ0v) is 13.9. The van der Waals surface area contributed by atoms with E-state index in [1.807, 2.05) is 30.3 Å². The first-order valence-corrected chi connectivity index (χ1v) is 8.43. The predicted octanol–water partition coefficient (Wildman–Crippen LogP) is 6.17. The first kappa shape index (κ1) is 15.2. The maximum atomic E-state index is 13.7. The monoisotopic (exact) mass is 334 g/mol. The van der Waals surface area contributed by atoms with Crippen LogP contribution in [0.5, 0.6) is 0 Å². The molecule has 3 aromatic rings. The van der Waals surface area contributed by atoms with E-state index in [2.05, 4.69) is 30.3 Å². The molecule has 1 aliphatic carbocycles. The molecule has 0 atom stereocenters. The highest BCUT2D eigenvalue weighted by Gasteiger charge is 2.18. The van der Waals surface area contributed by atoms with Gasteiger partial charge in [0.15, 0.2) is 0 Å². The van der Waals surface area contributed by atoms with Crippen molar-refractivity contribution >= 4 is 23.3 Å². The van der Waals surface area contributed by atoms with Gasteiger partial charge in [0.25, 0.3) is 0 Å². The third-order valence-corrected chi connectivity index (χ3v) is 4.72. The number of hydrogen-bond donors (Lipinski definition) is 0. The smallest absolute Gasteiger partial charge is 0.123 e. The summed E-state index contributed by atoms with van der Waals surface area (Å²) < 4.78 is 13.7. The number of rotatable bonds is 1. The molecule has 0 heterocycles. The zero-order valence-electron chi connectivity index (χ0n) is 13.1. The van der Waals surface area contributed by atoms with Gasteiger partial charge in [0.2, 0.25) is 0 Å². The Morgan fingerprint density at radius 1 is 0.792 bits per heavy atom. The summed E-state index contributed by atoms with van der Waals surface area (Å²) >= 11 is 6.14. The molecule has 24 heavy (non-hydrogen) atoms. The first-order chi connectivity index (χ1) is 11.7. The molecule has 0 aliphatic heterocycles. The van der Waals surface area contributed by atoms with Crippen molar-refractivity contribution < 1.29 is 4.39 Å². The number of hydrogen-bond acceptors (Lipinski definition) is 0. The number of fused-ring (bicyclic) bond motifs is 2. The van der Waals surface area contributed by atoms with Gasteiger partial charge in [-0.15, -0.1) is 0 Å². The van der Waals surface area contributed by atoms with Gasteiger partial charge in [0.1, 0.15) is 5.82 Å². The molecule has 0 N–H and O–H groups in total. The lowest BCUT2D eigenvalue weighted by molar-refractivity contribution is 0.625. The standard InChI is InChI=1S/C22H16ClF/c23-18-6-3-4-15(12-18)13-22-20-7-2-1-5-16(20)8-9-17-14-19(24)10-11-21(17)22/h1-7,10-14H,8-9H2/b22-13-. The lowest BCUT2D eigenvalue weighted by Gasteiger charge is -2.12. The van der Waals surface area contributed by atoms with Crippen molar-refractivity contribution in [3.63, 3.8) is 0 Å². The highest BCUT2D eigenvalue weighted by molar-refractivity contribution is 6.30.